The molecule has 0 radical (unpaired) electrons. The number of amides is 1. The highest BCUT2D eigenvalue weighted by atomic mass is 32.1. The van der Waals surface area contributed by atoms with Gasteiger partial charge in [-0.3, -0.25) is 4.79 Å². The summed E-state index contributed by atoms with van der Waals surface area (Å²) in [6, 6.07) is 1.32. The van der Waals surface area contributed by atoms with Gasteiger partial charge in [0.15, 0.2) is 11.6 Å². The Hall–Kier alpha value is -2.02. The maximum absolute atomic E-state index is 13.2. The fourth-order valence-electron chi connectivity index (χ4n) is 1.74. The van der Waals surface area contributed by atoms with Gasteiger partial charge in [0, 0.05) is 23.3 Å². The summed E-state index contributed by atoms with van der Waals surface area (Å²) in [6.45, 7) is 1.89. The number of nitrogen functional groups attached to an aromatic ring is 1. The second-order valence-electron chi connectivity index (χ2n) is 4.16. The van der Waals surface area contributed by atoms with Crippen molar-refractivity contribution in [1.29, 1.82) is 0 Å². The van der Waals surface area contributed by atoms with E-state index < -0.39 is 17.5 Å². The molecule has 2 aromatic rings. The molecule has 7 heteroatoms. The average molecular weight is 297 g/mol. The number of hydrogen-bond donors (Lipinski definition) is 2. The van der Waals surface area contributed by atoms with E-state index in [9.17, 15) is 13.6 Å². The molecule has 20 heavy (non-hydrogen) atoms. The van der Waals surface area contributed by atoms with Crippen molar-refractivity contribution in [3.8, 4) is 0 Å². The number of aromatic nitrogens is 1. The number of rotatable bonds is 4. The molecule has 1 atom stereocenters. The topological polar surface area (TPSA) is 68.0 Å². The summed E-state index contributed by atoms with van der Waals surface area (Å²) in [6.07, 6.45) is 2.27. The van der Waals surface area contributed by atoms with E-state index in [0.29, 0.717) is 6.42 Å². The Labute approximate surface area is 118 Å². The molecule has 2 rings (SSSR count). The van der Waals surface area contributed by atoms with Gasteiger partial charge in [-0.2, -0.15) is 0 Å². The summed E-state index contributed by atoms with van der Waals surface area (Å²) in [4.78, 5) is 16.2. The SMILES string of the molecule is CCC(NC(=O)c1cc(F)c(F)cc1N)c1nccs1. The van der Waals surface area contributed by atoms with E-state index in [2.05, 4.69) is 10.3 Å². The van der Waals surface area contributed by atoms with Gasteiger partial charge in [-0.1, -0.05) is 6.92 Å². The summed E-state index contributed by atoms with van der Waals surface area (Å²) in [7, 11) is 0. The number of anilines is 1. The minimum Gasteiger partial charge on any atom is -0.398 e. The van der Waals surface area contributed by atoms with E-state index in [0.717, 1.165) is 17.1 Å². The van der Waals surface area contributed by atoms with Crippen molar-refractivity contribution < 1.29 is 13.6 Å². The lowest BCUT2D eigenvalue weighted by Gasteiger charge is -2.15. The third-order valence-electron chi connectivity index (χ3n) is 2.80. The third-order valence-corrected chi connectivity index (χ3v) is 3.69. The summed E-state index contributed by atoms with van der Waals surface area (Å²) in [5, 5.41) is 5.27. The van der Waals surface area contributed by atoms with Gasteiger partial charge in [0.2, 0.25) is 0 Å². The van der Waals surface area contributed by atoms with Crippen molar-refractivity contribution in [2.45, 2.75) is 19.4 Å². The molecule has 0 aliphatic rings. The molecule has 0 saturated heterocycles. The second kappa shape index (κ2) is 5.96. The molecular weight excluding hydrogens is 284 g/mol. The average Bonchev–Trinajstić information content (AvgIpc) is 2.93. The van der Waals surface area contributed by atoms with Gasteiger partial charge in [0.25, 0.3) is 5.91 Å². The van der Waals surface area contributed by atoms with Crippen LogP contribution in [0.1, 0.15) is 34.8 Å². The second-order valence-corrected chi connectivity index (χ2v) is 5.08. The molecule has 0 spiro atoms. The lowest BCUT2D eigenvalue weighted by atomic mass is 10.1. The van der Waals surface area contributed by atoms with Crippen molar-refractivity contribution in [2.24, 2.45) is 0 Å². The van der Waals surface area contributed by atoms with Crippen LogP contribution in [-0.2, 0) is 0 Å². The molecule has 4 nitrogen and oxygen atoms in total. The highest BCUT2D eigenvalue weighted by Gasteiger charge is 2.19. The lowest BCUT2D eigenvalue weighted by Crippen LogP contribution is -2.29. The van der Waals surface area contributed by atoms with Crippen molar-refractivity contribution in [3.05, 3.63) is 45.9 Å². The van der Waals surface area contributed by atoms with Crippen molar-refractivity contribution >= 4 is 22.9 Å². The van der Waals surface area contributed by atoms with E-state index in [1.54, 1.807) is 11.6 Å². The zero-order valence-corrected chi connectivity index (χ0v) is 11.5. The fourth-order valence-corrected chi connectivity index (χ4v) is 2.51. The van der Waals surface area contributed by atoms with Crippen LogP contribution < -0.4 is 11.1 Å². The lowest BCUT2D eigenvalue weighted by molar-refractivity contribution is 0.0936. The van der Waals surface area contributed by atoms with Crippen LogP contribution in [0.5, 0.6) is 0 Å². The zero-order chi connectivity index (χ0) is 14.7. The molecule has 1 aromatic heterocycles. The first-order valence-corrected chi connectivity index (χ1v) is 6.85. The van der Waals surface area contributed by atoms with Gasteiger partial charge in [-0.25, -0.2) is 13.8 Å². The molecule has 0 aliphatic heterocycles. The van der Waals surface area contributed by atoms with Gasteiger partial charge in [-0.15, -0.1) is 11.3 Å². The van der Waals surface area contributed by atoms with Gasteiger partial charge >= 0.3 is 0 Å². The number of nitrogens with two attached hydrogens (primary N) is 1. The van der Waals surface area contributed by atoms with Crippen molar-refractivity contribution in [3.63, 3.8) is 0 Å². The minimum atomic E-state index is -1.10. The van der Waals surface area contributed by atoms with Crippen LogP contribution in [0, 0.1) is 11.6 Å². The van der Waals surface area contributed by atoms with Gasteiger partial charge < -0.3 is 11.1 Å². The van der Waals surface area contributed by atoms with E-state index >= 15 is 0 Å². The third kappa shape index (κ3) is 2.93. The monoisotopic (exact) mass is 297 g/mol. The summed E-state index contributed by atoms with van der Waals surface area (Å²) in [5.74, 6) is -2.74. The molecular formula is C13H13F2N3OS. The maximum Gasteiger partial charge on any atom is 0.254 e. The Morgan fingerprint density at radius 3 is 2.75 bits per heavy atom. The van der Waals surface area contributed by atoms with E-state index in [1.807, 2.05) is 6.92 Å². The summed E-state index contributed by atoms with van der Waals surface area (Å²) < 4.78 is 26.2. The first kappa shape index (κ1) is 14.4. The van der Waals surface area contributed by atoms with Crippen LogP contribution >= 0.6 is 11.3 Å². The highest BCUT2D eigenvalue weighted by molar-refractivity contribution is 7.09. The first-order chi connectivity index (χ1) is 9.52. The van der Waals surface area contributed by atoms with Crippen LogP contribution in [-0.4, -0.2) is 10.9 Å². The van der Waals surface area contributed by atoms with E-state index in [-0.39, 0.29) is 17.3 Å². The van der Waals surface area contributed by atoms with Crippen molar-refractivity contribution in [1.82, 2.24) is 10.3 Å². The smallest absolute Gasteiger partial charge is 0.254 e. The molecule has 3 N–H and O–H groups in total. The van der Waals surface area contributed by atoms with E-state index in [1.165, 1.54) is 11.3 Å². The molecule has 1 amide bonds. The number of hydrogen-bond acceptors (Lipinski definition) is 4. The minimum absolute atomic E-state index is 0.0843. The molecule has 1 aromatic carbocycles. The van der Waals surface area contributed by atoms with Crippen LogP contribution in [0.15, 0.2) is 23.7 Å². The van der Waals surface area contributed by atoms with Gasteiger partial charge in [0.1, 0.15) is 5.01 Å². The number of benzene rings is 1. The van der Waals surface area contributed by atoms with Crippen LogP contribution in [0.2, 0.25) is 0 Å². The predicted molar refractivity (Wildman–Crippen MR) is 73.4 cm³/mol. The van der Waals surface area contributed by atoms with Crippen molar-refractivity contribution in [2.75, 3.05) is 5.73 Å². The number of carbonyl (C=O) groups is 1. The largest absolute Gasteiger partial charge is 0.398 e. The molecule has 106 valence electrons. The highest BCUT2D eigenvalue weighted by Crippen LogP contribution is 2.21. The number of nitrogens with one attached hydrogen (secondary N) is 1. The fraction of sp³-hybridized carbons (Fsp3) is 0.231. The molecule has 1 heterocycles. The Morgan fingerprint density at radius 1 is 1.45 bits per heavy atom. The van der Waals surface area contributed by atoms with Gasteiger partial charge in [-0.05, 0) is 12.5 Å². The Morgan fingerprint density at radius 2 is 2.15 bits per heavy atom. The van der Waals surface area contributed by atoms with E-state index in [4.69, 9.17) is 5.73 Å². The van der Waals surface area contributed by atoms with Crippen LogP contribution in [0.25, 0.3) is 0 Å². The number of carbonyl (C=O) groups excluding carboxylic acids is 1. The number of thiazole rings is 1. The molecule has 1 unspecified atom stereocenters. The summed E-state index contributed by atoms with van der Waals surface area (Å²) >= 11 is 1.41. The summed E-state index contributed by atoms with van der Waals surface area (Å²) in [5.41, 5.74) is 5.36. The quantitative estimate of drug-likeness (QED) is 0.853. The predicted octanol–water partition coefficient (Wildman–Crippen LogP) is 2.88. The number of nitrogens with zero attached hydrogens (tertiary/aromatic N) is 1. The maximum atomic E-state index is 13.2. The van der Waals surface area contributed by atoms with Crippen LogP contribution in [0.3, 0.4) is 0 Å². The number of halogens is 2. The van der Waals surface area contributed by atoms with Crippen LogP contribution in [0.4, 0.5) is 14.5 Å². The zero-order valence-electron chi connectivity index (χ0n) is 10.7. The Kier molecular flexibility index (Phi) is 4.29. The molecule has 0 saturated carbocycles. The molecule has 0 aliphatic carbocycles. The Balaban J connectivity index is 2.21. The molecule has 0 fully saturated rings. The normalized spacial score (nSPS) is 12.2. The first-order valence-electron chi connectivity index (χ1n) is 5.97. The standard InChI is InChI=1S/C13H13F2N3OS/c1-2-11(13-17-3-4-20-13)18-12(19)7-5-8(14)9(15)6-10(7)16/h3-6,11H,2,16H2,1H3,(H,18,19). The Bertz CT molecular complexity index is 616. The molecule has 0 bridgehead atoms. The van der Waals surface area contributed by atoms with Gasteiger partial charge in [0.05, 0.1) is 11.6 Å².